The molecule has 0 fully saturated rings. The molecular weight excluding hydrogens is 176 g/mol. The van der Waals surface area contributed by atoms with Gasteiger partial charge >= 0.3 is 0 Å². The quantitative estimate of drug-likeness (QED) is 0.496. The Morgan fingerprint density at radius 3 is 2.00 bits per heavy atom. The number of rotatable bonds is 2. The van der Waals surface area contributed by atoms with Crippen LogP contribution in [-0.4, -0.2) is 27.8 Å². The molecule has 0 aliphatic carbocycles. The fourth-order valence-corrected chi connectivity index (χ4v) is 3.17. The Morgan fingerprint density at radius 2 is 2.00 bits per heavy atom. The Hall–Kier alpha value is 0.630. The van der Waals surface area contributed by atoms with Crippen LogP contribution in [0.4, 0.5) is 0 Å². The van der Waals surface area contributed by atoms with Crippen molar-refractivity contribution in [1.82, 2.24) is 0 Å². The molecule has 1 nitrogen and oxygen atoms in total. The zero-order valence-electron chi connectivity index (χ0n) is 4.65. The first kappa shape index (κ1) is 7.63. The molecule has 0 aliphatic heterocycles. The molecule has 0 saturated carbocycles. The number of thiol groups is 1. The maximum atomic E-state index is 10.8. The van der Waals surface area contributed by atoms with E-state index in [1.54, 1.807) is 12.5 Å². The van der Waals surface area contributed by atoms with E-state index in [9.17, 15) is 4.21 Å². The van der Waals surface area contributed by atoms with E-state index in [0.717, 1.165) is 11.1 Å². The molecule has 7 heavy (non-hydrogen) atoms. The standard InChI is InChI=1S/C4H11BrOS/c1-7(2,6)4-3-5/h7H,3-4H2,1-2H3. The predicted octanol–water partition coefficient (Wildman–Crippen LogP) is 0.658. The minimum Gasteiger partial charge on any atom is -0.285 e. The molecule has 0 rings (SSSR count). The van der Waals surface area contributed by atoms with Crippen molar-refractivity contribution < 1.29 is 4.21 Å². The second kappa shape index (κ2) is 2.82. The summed E-state index contributed by atoms with van der Waals surface area (Å²) in [6, 6.07) is 0. The van der Waals surface area contributed by atoms with Gasteiger partial charge in [0.15, 0.2) is 0 Å². The monoisotopic (exact) mass is 186 g/mol. The summed E-state index contributed by atoms with van der Waals surface area (Å²) >= 11 is 3.21. The predicted molar refractivity (Wildman–Crippen MR) is 40.0 cm³/mol. The van der Waals surface area contributed by atoms with Gasteiger partial charge in [0, 0.05) is 11.1 Å². The van der Waals surface area contributed by atoms with Gasteiger partial charge in [0.05, 0.1) is 0 Å². The van der Waals surface area contributed by atoms with Crippen LogP contribution in [0.5, 0.6) is 0 Å². The van der Waals surface area contributed by atoms with Crippen molar-refractivity contribution in [2.75, 3.05) is 23.6 Å². The van der Waals surface area contributed by atoms with Crippen LogP contribution in [0.2, 0.25) is 0 Å². The summed E-state index contributed by atoms with van der Waals surface area (Å²) in [6.07, 6.45) is 3.60. The van der Waals surface area contributed by atoms with Crippen molar-refractivity contribution in [3.8, 4) is 0 Å². The van der Waals surface area contributed by atoms with Crippen LogP contribution in [0.1, 0.15) is 0 Å². The Morgan fingerprint density at radius 1 is 1.57 bits per heavy atom. The molecule has 0 unspecified atom stereocenters. The highest BCUT2D eigenvalue weighted by Crippen LogP contribution is 1.93. The van der Waals surface area contributed by atoms with Gasteiger partial charge in [-0.05, 0) is 12.5 Å². The lowest BCUT2D eigenvalue weighted by molar-refractivity contribution is 0.679. The van der Waals surface area contributed by atoms with E-state index in [1.165, 1.54) is 0 Å². The van der Waals surface area contributed by atoms with Crippen molar-refractivity contribution in [3.63, 3.8) is 0 Å². The zero-order chi connectivity index (χ0) is 5.91. The lowest BCUT2D eigenvalue weighted by Crippen LogP contribution is -2.11. The third-order valence-corrected chi connectivity index (χ3v) is 2.93. The van der Waals surface area contributed by atoms with Gasteiger partial charge in [0.2, 0.25) is 0 Å². The Kier molecular flexibility index (Phi) is 3.08. The van der Waals surface area contributed by atoms with E-state index >= 15 is 0 Å². The van der Waals surface area contributed by atoms with Crippen molar-refractivity contribution in [2.24, 2.45) is 0 Å². The van der Waals surface area contributed by atoms with Gasteiger partial charge in [-0.15, -0.1) is 9.93 Å². The second-order valence-electron chi connectivity index (χ2n) is 1.99. The van der Waals surface area contributed by atoms with E-state index in [0.29, 0.717) is 0 Å². The van der Waals surface area contributed by atoms with Gasteiger partial charge in [0.1, 0.15) is 0 Å². The first-order valence-corrected chi connectivity index (χ1v) is 6.07. The summed E-state index contributed by atoms with van der Waals surface area (Å²) in [7, 11) is -1.71. The first-order chi connectivity index (χ1) is 3.06. The minimum atomic E-state index is -1.71. The molecule has 0 saturated heterocycles. The smallest absolute Gasteiger partial charge is 0.0128 e. The Labute approximate surface area is 54.0 Å². The lowest BCUT2D eigenvalue weighted by atomic mass is 11.0. The highest BCUT2D eigenvalue weighted by atomic mass is 79.9. The summed E-state index contributed by atoms with van der Waals surface area (Å²) < 4.78 is 10.8. The van der Waals surface area contributed by atoms with Crippen LogP contribution in [0.25, 0.3) is 0 Å². The Bertz CT molecular complexity index is 85.7. The van der Waals surface area contributed by atoms with E-state index in [-0.39, 0.29) is 0 Å². The number of hydrogen-bond donors (Lipinski definition) is 1. The SMILES string of the molecule is C[SH](C)(=O)CCBr. The van der Waals surface area contributed by atoms with E-state index < -0.39 is 9.93 Å². The number of hydrogen-bond acceptors (Lipinski definition) is 1. The molecular formula is C4H11BrOS. The van der Waals surface area contributed by atoms with Crippen LogP contribution in [0.3, 0.4) is 0 Å². The van der Waals surface area contributed by atoms with Gasteiger partial charge in [-0.3, -0.25) is 4.21 Å². The molecule has 0 aromatic carbocycles. The molecule has 0 aliphatic rings. The minimum absolute atomic E-state index is 0.812. The molecule has 0 radical (unpaired) electrons. The molecule has 0 spiro atoms. The maximum Gasteiger partial charge on any atom is 0.0128 e. The second-order valence-corrected chi connectivity index (χ2v) is 6.37. The van der Waals surface area contributed by atoms with Crippen molar-refractivity contribution in [1.29, 1.82) is 0 Å². The van der Waals surface area contributed by atoms with Crippen LogP contribution in [0, 0.1) is 0 Å². The van der Waals surface area contributed by atoms with Gasteiger partial charge in [-0.2, -0.15) is 0 Å². The number of halogens is 1. The molecule has 0 aromatic heterocycles. The average molecular weight is 187 g/mol. The molecule has 3 heteroatoms. The molecule has 0 atom stereocenters. The van der Waals surface area contributed by atoms with Crippen molar-refractivity contribution in [2.45, 2.75) is 0 Å². The van der Waals surface area contributed by atoms with Crippen LogP contribution in [0.15, 0.2) is 0 Å². The highest BCUT2D eigenvalue weighted by molar-refractivity contribution is 9.09. The van der Waals surface area contributed by atoms with E-state index in [4.69, 9.17) is 0 Å². The van der Waals surface area contributed by atoms with E-state index in [2.05, 4.69) is 15.9 Å². The maximum absolute atomic E-state index is 10.8. The molecule has 0 N–H and O–H groups in total. The highest BCUT2D eigenvalue weighted by Gasteiger charge is 1.95. The van der Waals surface area contributed by atoms with Crippen LogP contribution >= 0.6 is 15.9 Å². The van der Waals surface area contributed by atoms with Crippen molar-refractivity contribution >= 4 is 25.9 Å². The molecule has 46 valence electrons. The van der Waals surface area contributed by atoms with Crippen LogP contribution < -0.4 is 0 Å². The fourth-order valence-electron chi connectivity index (χ4n) is 0.204. The molecule has 0 bridgehead atoms. The summed E-state index contributed by atoms with van der Waals surface area (Å²) in [5, 5.41) is 0.858. The first-order valence-electron chi connectivity index (χ1n) is 2.16. The fraction of sp³-hybridized carbons (Fsp3) is 1.00. The molecule has 0 amide bonds. The summed E-state index contributed by atoms with van der Waals surface area (Å²) in [4.78, 5) is 0. The lowest BCUT2D eigenvalue weighted by Gasteiger charge is -2.06. The largest absolute Gasteiger partial charge is 0.285 e. The normalized spacial score (nSPS) is 14.1. The van der Waals surface area contributed by atoms with Crippen LogP contribution in [-0.2, 0) is 9.93 Å². The van der Waals surface area contributed by atoms with Gasteiger partial charge in [-0.25, -0.2) is 0 Å². The number of alkyl halides is 1. The summed E-state index contributed by atoms with van der Waals surface area (Å²) in [5.74, 6) is 0.812. The Balaban J connectivity index is 3.36. The summed E-state index contributed by atoms with van der Waals surface area (Å²) in [5.41, 5.74) is 0. The third kappa shape index (κ3) is 6.63. The third-order valence-electron chi connectivity index (χ3n) is 0.623. The van der Waals surface area contributed by atoms with Gasteiger partial charge in [0.25, 0.3) is 0 Å². The van der Waals surface area contributed by atoms with E-state index in [1.807, 2.05) is 0 Å². The topological polar surface area (TPSA) is 17.1 Å². The molecule has 0 aromatic rings. The van der Waals surface area contributed by atoms with Crippen molar-refractivity contribution in [3.05, 3.63) is 0 Å². The summed E-state index contributed by atoms with van der Waals surface area (Å²) in [6.45, 7) is 0. The molecule has 0 heterocycles. The van der Waals surface area contributed by atoms with Gasteiger partial charge in [-0.1, -0.05) is 15.9 Å². The van der Waals surface area contributed by atoms with Gasteiger partial charge < -0.3 is 0 Å². The average Bonchev–Trinajstić information content (AvgIpc) is 1.30. The zero-order valence-corrected chi connectivity index (χ0v) is 7.13.